The summed E-state index contributed by atoms with van der Waals surface area (Å²) in [4.78, 5) is 0. The molecule has 0 radical (unpaired) electrons. The molecule has 0 bridgehead atoms. The van der Waals surface area contributed by atoms with E-state index in [2.05, 4.69) is 134 Å². The molecule has 2 aromatic carbocycles. The van der Waals surface area contributed by atoms with Gasteiger partial charge in [0.05, 0.1) is 0 Å². The van der Waals surface area contributed by atoms with Crippen LogP contribution in [0.1, 0.15) is 149 Å². The first-order chi connectivity index (χ1) is 15.5. The van der Waals surface area contributed by atoms with Gasteiger partial charge in [0.1, 0.15) is 0 Å². The van der Waals surface area contributed by atoms with E-state index in [9.17, 15) is 0 Å². The molecule has 0 fully saturated rings. The average Bonchev–Trinajstić information content (AvgIpc) is 2.63. The summed E-state index contributed by atoms with van der Waals surface area (Å²) in [5.74, 6) is 0. The highest BCUT2D eigenvalue weighted by molar-refractivity contribution is 5.49. The van der Waals surface area contributed by atoms with Gasteiger partial charge in [-0.2, -0.15) is 0 Å². The highest BCUT2D eigenvalue weighted by atomic mass is 14.4. The second-order valence-electron chi connectivity index (χ2n) is 16.0. The Labute approximate surface area is 219 Å². The number of aryl methyl sites for hydroxylation is 2. The molecular weight excluding hydrogens is 420 g/mol. The smallest absolute Gasteiger partial charge is 0.0126 e. The molecule has 0 aliphatic heterocycles. The Hall–Kier alpha value is -1.56. The van der Waals surface area contributed by atoms with E-state index < -0.39 is 0 Å². The molecule has 0 atom stereocenters. The summed E-state index contributed by atoms with van der Waals surface area (Å²) < 4.78 is 0. The first-order valence-electron chi connectivity index (χ1n) is 13.8. The first-order valence-corrected chi connectivity index (χ1v) is 13.8. The minimum Gasteiger partial charge on any atom is -0.0585 e. The third kappa shape index (κ3) is 7.47. The van der Waals surface area contributed by atoms with Gasteiger partial charge in [-0.15, -0.1) is 0 Å². The average molecular weight is 477 g/mol. The van der Waals surface area contributed by atoms with Crippen molar-refractivity contribution in [2.24, 2.45) is 0 Å². The van der Waals surface area contributed by atoms with E-state index in [1.54, 1.807) is 5.56 Å². The summed E-state index contributed by atoms with van der Waals surface area (Å²) in [6, 6.07) is 12.3. The van der Waals surface area contributed by atoms with Crippen LogP contribution in [0.15, 0.2) is 30.3 Å². The summed E-state index contributed by atoms with van der Waals surface area (Å²) in [6.07, 6.45) is 3.44. The zero-order valence-electron chi connectivity index (χ0n) is 26.0. The van der Waals surface area contributed by atoms with Gasteiger partial charge in [-0.3, -0.25) is 0 Å². The standard InChI is InChI=1S/C35H56/c1-31(2,3)26-20-19-25(27(23-26)32(4,5)6)18-16-17-24-21-28(33(7,8)9)30(35(13,14)15)29(22-24)34(10,11)12/h19-23H,16-18H2,1-15H3. The van der Waals surface area contributed by atoms with Crippen molar-refractivity contribution in [3.05, 3.63) is 69.3 Å². The molecule has 0 nitrogen and oxygen atoms in total. The van der Waals surface area contributed by atoms with E-state index in [0.29, 0.717) is 0 Å². The first kappa shape index (κ1) is 29.7. The van der Waals surface area contributed by atoms with Crippen molar-refractivity contribution >= 4 is 0 Å². The molecule has 2 aromatic rings. The summed E-state index contributed by atoms with van der Waals surface area (Å²) >= 11 is 0. The van der Waals surface area contributed by atoms with Crippen LogP contribution >= 0.6 is 0 Å². The predicted molar refractivity (Wildman–Crippen MR) is 158 cm³/mol. The Morgan fingerprint density at radius 3 is 1.29 bits per heavy atom. The molecule has 0 aliphatic rings. The second-order valence-corrected chi connectivity index (χ2v) is 16.0. The number of hydrogen-bond acceptors (Lipinski definition) is 0. The lowest BCUT2D eigenvalue weighted by Gasteiger charge is -2.37. The summed E-state index contributed by atoms with van der Waals surface area (Å²) in [6.45, 7) is 35.4. The van der Waals surface area contributed by atoms with E-state index in [-0.39, 0.29) is 27.1 Å². The Kier molecular flexibility index (Phi) is 8.24. The Bertz CT molecular complexity index is 977. The molecule has 0 heteroatoms. The van der Waals surface area contributed by atoms with Crippen molar-refractivity contribution in [2.75, 3.05) is 0 Å². The largest absolute Gasteiger partial charge is 0.0585 e. The third-order valence-corrected chi connectivity index (χ3v) is 7.26. The molecule has 35 heavy (non-hydrogen) atoms. The van der Waals surface area contributed by atoms with Crippen LogP contribution in [-0.2, 0) is 39.9 Å². The molecule has 0 spiro atoms. The topological polar surface area (TPSA) is 0 Å². The van der Waals surface area contributed by atoms with Gasteiger partial charge in [-0.1, -0.05) is 134 Å². The lowest BCUT2D eigenvalue weighted by molar-refractivity contribution is 0.496. The minimum absolute atomic E-state index is 0.125. The van der Waals surface area contributed by atoms with E-state index in [1.165, 1.54) is 39.8 Å². The molecule has 0 N–H and O–H groups in total. The molecule has 0 aromatic heterocycles. The number of hydrogen-bond donors (Lipinski definition) is 0. The fourth-order valence-electron chi connectivity index (χ4n) is 5.28. The van der Waals surface area contributed by atoms with Crippen LogP contribution in [0.5, 0.6) is 0 Å². The van der Waals surface area contributed by atoms with Gasteiger partial charge < -0.3 is 0 Å². The molecule has 2 rings (SSSR count). The van der Waals surface area contributed by atoms with Crippen molar-refractivity contribution in [1.29, 1.82) is 0 Å². The lowest BCUT2D eigenvalue weighted by atomic mass is 9.68. The van der Waals surface area contributed by atoms with Gasteiger partial charge in [0.15, 0.2) is 0 Å². The van der Waals surface area contributed by atoms with Crippen molar-refractivity contribution in [3.8, 4) is 0 Å². The van der Waals surface area contributed by atoms with Crippen LogP contribution in [0.3, 0.4) is 0 Å². The summed E-state index contributed by atoms with van der Waals surface area (Å²) in [5, 5.41) is 0. The number of rotatable bonds is 4. The van der Waals surface area contributed by atoms with E-state index in [0.717, 1.165) is 12.8 Å². The van der Waals surface area contributed by atoms with Crippen molar-refractivity contribution in [3.63, 3.8) is 0 Å². The van der Waals surface area contributed by atoms with E-state index >= 15 is 0 Å². The normalized spacial score (nSPS) is 13.9. The van der Waals surface area contributed by atoms with Crippen molar-refractivity contribution in [2.45, 2.75) is 150 Å². The molecule has 0 heterocycles. The van der Waals surface area contributed by atoms with E-state index in [4.69, 9.17) is 0 Å². The predicted octanol–water partition coefficient (Wildman–Crippen LogP) is 10.3. The molecule has 0 aliphatic carbocycles. The van der Waals surface area contributed by atoms with Crippen LogP contribution in [0, 0.1) is 0 Å². The highest BCUT2D eigenvalue weighted by Gasteiger charge is 2.32. The zero-order valence-corrected chi connectivity index (χ0v) is 26.0. The third-order valence-electron chi connectivity index (χ3n) is 7.26. The maximum atomic E-state index is 2.53. The zero-order chi connectivity index (χ0) is 27.2. The highest BCUT2D eigenvalue weighted by Crippen LogP contribution is 2.42. The Balaban J connectivity index is 2.46. The van der Waals surface area contributed by atoms with E-state index in [1.807, 2.05) is 0 Å². The monoisotopic (exact) mass is 476 g/mol. The number of benzene rings is 2. The van der Waals surface area contributed by atoms with Crippen LogP contribution in [0.25, 0.3) is 0 Å². The maximum absolute atomic E-state index is 2.53. The quantitative estimate of drug-likeness (QED) is 0.411. The fourth-order valence-corrected chi connectivity index (χ4v) is 5.28. The van der Waals surface area contributed by atoms with Gasteiger partial charge in [-0.25, -0.2) is 0 Å². The van der Waals surface area contributed by atoms with Crippen molar-refractivity contribution < 1.29 is 0 Å². The van der Waals surface area contributed by atoms with Gasteiger partial charge in [-0.05, 0) is 85.3 Å². The summed E-state index contributed by atoms with van der Waals surface area (Å²) in [5.41, 5.74) is 11.3. The van der Waals surface area contributed by atoms with Crippen molar-refractivity contribution in [1.82, 2.24) is 0 Å². The molecular formula is C35H56. The molecule has 0 unspecified atom stereocenters. The minimum atomic E-state index is 0.125. The lowest BCUT2D eigenvalue weighted by Crippen LogP contribution is -2.28. The summed E-state index contributed by atoms with van der Waals surface area (Å²) in [7, 11) is 0. The van der Waals surface area contributed by atoms with Crippen LogP contribution in [0.2, 0.25) is 0 Å². The van der Waals surface area contributed by atoms with Gasteiger partial charge >= 0.3 is 0 Å². The Morgan fingerprint density at radius 2 is 0.914 bits per heavy atom. The van der Waals surface area contributed by atoms with Crippen LogP contribution in [-0.4, -0.2) is 0 Å². The van der Waals surface area contributed by atoms with Crippen LogP contribution in [0.4, 0.5) is 0 Å². The second kappa shape index (κ2) is 9.72. The maximum Gasteiger partial charge on any atom is -0.0126 e. The van der Waals surface area contributed by atoms with Gasteiger partial charge in [0.2, 0.25) is 0 Å². The SMILES string of the molecule is CC(C)(C)c1ccc(CCCc2cc(C(C)(C)C)c(C(C)(C)C)c(C(C)(C)C)c2)c(C(C)(C)C)c1. The molecule has 0 amide bonds. The Morgan fingerprint density at radius 1 is 0.457 bits per heavy atom. The molecule has 0 saturated heterocycles. The molecule has 0 saturated carbocycles. The van der Waals surface area contributed by atoms with Gasteiger partial charge in [0.25, 0.3) is 0 Å². The molecule has 196 valence electrons. The van der Waals surface area contributed by atoms with Crippen LogP contribution < -0.4 is 0 Å². The van der Waals surface area contributed by atoms with Gasteiger partial charge in [0, 0.05) is 0 Å². The fraction of sp³-hybridized carbons (Fsp3) is 0.657.